The number of nitrogens with zero attached hydrogens (tertiary/aromatic N) is 3. The topological polar surface area (TPSA) is 95.6 Å². The quantitative estimate of drug-likeness (QED) is 0.291. The average molecular weight is 454 g/mol. The lowest BCUT2D eigenvalue weighted by Gasteiger charge is -2.25. The zero-order chi connectivity index (χ0) is 22.9. The molecule has 0 atom stereocenters. The van der Waals surface area contributed by atoms with Crippen molar-refractivity contribution in [3.05, 3.63) is 41.7 Å². The van der Waals surface area contributed by atoms with Crippen molar-refractivity contribution in [2.45, 2.75) is 44.1 Å². The summed E-state index contributed by atoms with van der Waals surface area (Å²) in [5.74, 6) is -1.80. The maximum absolute atomic E-state index is 14.7. The van der Waals surface area contributed by atoms with Crippen molar-refractivity contribution in [1.82, 2.24) is 19.9 Å². The van der Waals surface area contributed by atoms with Crippen LogP contribution in [0.15, 0.2) is 24.7 Å². The van der Waals surface area contributed by atoms with Gasteiger partial charge in [0.1, 0.15) is 36.3 Å². The smallest absolute Gasteiger partial charge is 0.367 e. The Hall–Kier alpha value is -3.31. The molecule has 1 aliphatic rings. The molecule has 3 aromatic rings. The Morgan fingerprint density at radius 1 is 1.12 bits per heavy atom. The van der Waals surface area contributed by atoms with Crippen molar-refractivity contribution >= 4 is 28.5 Å². The van der Waals surface area contributed by atoms with Gasteiger partial charge in [0.25, 0.3) is 0 Å². The van der Waals surface area contributed by atoms with E-state index in [0.717, 1.165) is 6.33 Å². The monoisotopic (exact) mass is 454 g/mol. The van der Waals surface area contributed by atoms with Crippen LogP contribution >= 0.6 is 0 Å². The first-order valence-corrected chi connectivity index (χ1v) is 9.96. The SMILES string of the molecule is O=C(c1ccc(NC2CCC(F)CC2)nc1F)c1c[nH]c2ncnc(NCC(F)(F)F)c12. The van der Waals surface area contributed by atoms with Crippen LogP contribution in [0.2, 0.25) is 0 Å². The Morgan fingerprint density at radius 2 is 1.88 bits per heavy atom. The third-order valence-electron chi connectivity index (χ3n) is 5.27. The zero-order valence-electron chi connectivity index (χ0n) is 16.6. The summed E-state index contributed by atoms with van der Waals surface area (Å²) in [5, 5.41) is 5.20. The van der Waals surface area contributed by atoms with Gasteiger partial charge < -0.3 is 15.6 Å². The molecule has 1 aliphatic carbocycles. The van der Waals surface area contributed by atoms with Crippen LogP contribution in [0.3, 0.4) is 0 Å². The van der Waals surface area contributed by atoms with Crippen molar-refractivity contribution in [3.63, 3.8) is 0 Å². The van der Waals surface area contributed by atoms with Crippen molar-refractivity contribution in [3.8, 4) is 0 Å². The predicted octanol–water partition coefficient (Wildman–Crippen LogP) is 4.39. The lowest BCUT2D eigenvalue weighted by Crippen LogP contribution is -2.27. The number of ketones is 1. The predicted molar refractivity (Wildman–Crippen MR) is 107 cm³/mol. The third kappa shape index (κ3) is 4.78. The van der Waals surface area contributed by atoms with Gasteiger partial charge in [-0.25, -0.2) is 19.3 Å². The van der Waals surface area contributed by atoms with E-state index in [2.05, 4.69) is 30.6 Å². The van der Waals surface area contributed by atoms with E-state index in [-0.39, 0.29) is 39.8 Å². The minimum atomic E-state index is -4.50. The first-order valence-electron chi connectivity index (χ1n) is 9.96. The molecule has 12 heteroatoms. The third-order valence-corrected chi connectivity index (χ3v) is 5.27. The molecule has 0 aromatic carbocycles. The summed E-state index contributed by atoms with van der Waals surface area (Å²) in [7, 11) is 0. The van der Waals surface area contributed by atoms with E-state index in [1.165, 1.54) is 18.3 Å². The van der Waals surface area contributed by atoms with Crippen LogP contribution in [-0.2, 0) is 0 Å². The van der Waals surface area contributed by atoms with Gasteiger partial charge in [-0.1, -0.05) is 0 Å². The largest absolute Gasteiger partial charge is 0.405 e. The Kier molecular flexibility index (Phi) is 5.94. The van der Waals surface area contributed by atoms with Gasteiger partial charge in [0.05, 0.1) is 16.5 Å². The average Bonchev–Trinajstić information content (AvgIpc) is 3.18. The second-order valence-electron chi connectivity index (χ2n) is 7.57. The highest BCUT2D eigenvalue weighted by molar-refractivity contribution is 6.18. The first kappa shape index (κ1) is 21.9. The number of hydrogen-bond acceptors (Lipinski definition) is 6. The summed E-state index contributed by atoms with van der Waals surface area (Å²) in [4.78, 5) is 27.1. The molecular formula is C20H19F5N6O. The van der Waals surface area contributed by atoms with Gasteiger partial charge in [0.2, 0.25) is 5.95 Å². The molecule has 170 valence electrons. The normalized spacial score (nSPS) is 19.2. The van der Waals surface area contributed by atoms with Crippen molar-refractivity contribution in [2.75, 3.05) is 17.2 Å². The summed E-state index contributed by atoms with van der Waals surface area (Å²) in [6.45, 7) is -1.36. The van der Waals surface area contributed by atoms with E-state index in [9.17, 15) is 26.7 Å². The molecule has 1 saturated carbocycles. The highest BCUT2D eigenvalue weighted by Crippen LogP contribution is 2.28. The number of hydrogen-bond donors (Lipinski definition) is 3. The second-order valence-corrected chi connectivity index (χ2v) is 7.57. The van der Waals surface area contributed by atoms with E-state index in [4.69, 9.17) is 0 Å². The molecule has 3 aromatic heterocycles. The molecule has 0 aliphatic heterocycles. The maximum Gasteiger partial charge on any atom is 0.405 e. The number of anilines is 2. The molecule has 0 unspecified atom stereocenters. The van der Waals surface area contributed by atoms with Gasteiger partial charge in [-0.2, -0.15) is 17.6 Å². The van der Waals surface area contributed by atoms with E-state index < -0.39 is 30.6 Å². The molecule has 3 N–H and O–H groups in total. The highest BCUT2D eigenvalue weighted by atomic mass is 19.4. The Bertz CT molecular complexity index is 1120. The van der Waals surface area contributed by atoms with Crippen LogP contribution < -0.4 is 10.6 Å². The minimum Gasteiger partial charge on any atom is -0.367 e. The molecule has 3 heterocycles. The number of carbonyl (C=O) groups is 1. The molecule has 0 amide bonds. The summed E-state index contributed by atoms with van der Waals surface area (Å²) < 4.78 is 65.8. The summed E-state index contributed by atoms with van der Waals surface area (Å²) in [6.07, 6.45) is -1.02. The van der Waals surface area contributed by atoms with Gasteiger partial charge >= 0.3 is 6.18 Å². The number of pyridine rings is 1. The summed E-state index contributed by atoms with van der Waals surface area (Å²) >= 11 is 0. The molecule has 0 radical (unpaired) electrons. The number of fused-ring (bicyclic) bond motifs is 1. The molecule has 4 rings (SSSR count). The fraction of sp³-hybridized carbons (Fsp3) is 0.400. The number of halogens is 5. The van der Waals surface area contributed by atoms with Crippen LogP contribution in [0.4, 0.5) is 33.6 Å². The number of rotatable bonds is 6. The fourth-order valence-electron chi connectivity index (χ4n) is 3.70. The van der Waals surface area contributed by atoms with Crippen molar-refractivity contribution in [2.24, 2.45) is 0 Å². The number of aromatic nitrogens is 4. The number of carbonyl (C=O) groups excluding carboxylic acids is 1. The number of aromatic amines is 1. The lowest BCUT2D eigenvalue weighted by molar-refractivity contribution is -0.115. The number of H-pyrrole nitrogens is 1. The Labute approximate surface area is 178 Å². The second kappa shape index (κ2) is 8.67. The molecular weight excluding hydrogens is 435 g/mol. The van der Waals surface area contributed by atoms with Crippen LogP contribution in [0.25, 0.3) is 11.0 Å². The van der Waals surface area contributed by atoms with Crippen LogP contribution in [0.5, 0.6) is 0 Å². The molecule has 1 fully saturated rings. The van der Waals surface area contributed by atoms with Crippen LogP contribution in [0.1, 0.15) is 41.6 Å². The Balaban J connectivity index is 1.57. The lowest BCUT2D eigenvalue weighted by atomic mass is 9.94. The van der Waals surface area contributed by atoms with Gasteiger partial charge in [0, 0.05) is 12.2 Å². The van der Waals surface area contributed by atoms with Gasteiger partial charge in [-0.3, -0.25) is 4.79 Å². The molecule has 0 bridgehead atoms. The maximum atomic E-state index is 14.7. The molecule has 0 spiro atoms. The molecule has 7 nitrogen and oxygen atoms in total. The van der Waals surface area contributed by atoms with E-state index in [0.29, 0.717) is 25.7 Å². The summed E-state index contributed by atoms with van der Waals surface area (Å²) in [6, 6.07) is 2.65. The zero-order valence-corrected chi connectivity index (χ0v) is 16.6. The van der Waals surface area contributed by atoms with Gasteiger partial charge in [-0.05, 0) is 37.8 Å². The van der Waals surface area contributed by atoms with Crippen LogP contribution in [0, 0.1) is 5.95 Å². The standard InChI is InChI=1S/C20H19F5N6O/c21-10-1-3-11(4-2-10)30-14-6-5-12(17(22)31-14)16(32)13-7-26-18-15(13)19(29-9-28-18)27-8-20(23,24)25/h5-7,9-11H,1-4,8H2,(H,30,31)(H2,26,27,28,29). The van der Waals surface area contributed by atoms with Crippen LogP contribution in [-0.4, -0.2) is 50.7 Å². The van der Waals surface area contributed by atoms with Gasteiger partial charge in [0.15, 0.2) is 5.78 Å². The van der Waals surface area contributed by atoms with Gasteiger partial charge in [-0.15, -0.1) is 0 Å². The van der Waals surface area contributed by atoms with E-state index in [1.54, 1.807) is 0 Å². The van der Waals surface area contributed by atoms with Crippen molar-refractivity contribution < 1.29 is 26.7 Å². The van der Waals surface area contributed by atoms with E-state index in [1.807, 2.05) is 0 Å². The fourth-order valence-corrected chi connectivity index (χ4v) is 3.70. The molecule has 32 heavy (non-hydrogen) atoms. The minimum absolute atomic E-state index is 0.0198. The first-order chi connectivity index (χ1) is 15.2. The molecule has 0 saturated heterocycles. The number of alkyl halides is 4. The van der Waals surface area contributed by atoms with E-state index >= 15 is 0 Å². The summed E-state index contributed by atoms with van der Waals surface area (Å²) in [5.41, 5.74) is -0.314. The highest BCUT2D eigenvalue weighted by Gasteiger charge is 2.28. The number of nitrogens with one attached hydrogen (secondary N) is 3. The Morgan fingerprint density at radius 3 is 2.56 bits per heavy atom. The van der Waals surface area contributed by atoms with Crippen molar-refractivity contribution in [1.29, 1.82) is 0 Å².